The number of rotatable bonds is 8. The summed E-state index contributed by atoms with van der Waals surface area (Å²) in [7, 11) is -2.46. The summed E-state index contributed by atoms with van der Waals surface area (Å²) in [6, 6.07) is 12.8. The third-order valence-electron chi connectivity index (χ3n) is 4.64. The maximum Gasteiger partial charge on any atom is 0.269 e. The van der Waals surface area contributed by atoms with Gasteiger partial charge >= 0.3 is 0 Å². The van der Waals surface area contributed by atoms with Crippen molar-refractivity contribution in [3.63, 3.8) is 0 Å². The predicted octanol–water partition coefficient (Wildman–Crippen LogP) is 3.42. The number of carbonyl (C=O) groups excluding carboxylic acids is 1. The van der Waals surface area contributed by atoms with Crippen LogP contribution in [-0.4, -0.2) is 50.0 Å². The van der Waals surface area contributed by atoms with Crippen molar-refractivity contribution in [3.8, 4) is 11.5 Å². The van der Waals surface area contributed by atoms with E-state index in [2.05, 4.69) is 22.1 Å². The molecule has 12 heteroatoms. The second-order valence-corrected chi connectivity index (χ2v) is 10.9. The number of thioether (sulfide) groups is 1. The number of anilines is 2. The van der Waals surface area contributed by atoms with E-state index in [0.29, 0.717) is 32.4 Å². The lowest BCUT2D eigenvalue weighted by molar-refractivity contribution is -0.122. The first-order valence-electron chi connectivity index (χ1n) is 9.73. The molecule has 0 fully saturated rings. The summed E-state index contributed by atoms with van der Waals surface area (Å²) < 4.78 is 39.7. The number of methoxy groups -OCH3 is 1. The summed E-state index contributed by atoms with van der Waals surface area (Å²) >= 11 is 2.67. The van der Waals surface area contributed by atoms with E-state index in [-0.39, 0.29) is 11.4 Å². The lowest BCUT2D eigenvalue weighted by Gasteiger charge is -2.34. The number of carbonyl (C=O) groups is 1. The Kier molecular flexibility index (Phi) is 6.86. The van der Waals surface area contributed by atoms with Crippen molar-refractivity contribution in [2.24, 2.45) is 0 Å². The van der Waals surface area contributed by atoms with Gasteiger partial charge in [0.1, 0.15) is 11.5 Å². The molecule has 0 saturated heterocycles. The van der Waals surface area contributed by atoms with Gasteiger partial charge in [-0.2, -0.15) is 0 Å². The number of nitrogens with zero attached hydrogens (tertiary/aromatic N) is 3. The molecule has 0 radical (unpaired) electrons. The van der Waals surface area contributed by atoms with Crippen molar-refractivity contribution in [3.05, 3.63) is 61.2 Å². The van der Waals surface area contributed by atoms with Gasteiger partial charge in [-0.25, -0.2) is 8.42 Å². The van der Waals surface area contributed by atoms with Gasteiger partial charge < -0.3 is 9.47 Å². The van der Waals surface area contributed by atoms with Crippen molar-refractivity contribution in [2.45, 2.75) is 15.3 Å². The van der Waals surface area contributed by atoms with Crippen molar-refractivity contribution >= 4 is 49.8 Å². The summed E-state index contributed by atoms with van der Waals surface area (Å²) in [6.45, 7) is 3.46. The lowest BCUT2D eigenvalue weighted by atomic mass is 10.2. The molecule has 0 spiro atoms. The Morgan fingerprint density at radius 2 is 2.06 bits per heavy atom. The molecule has 0 saturated carbocycles. The number of aromatic nitrogens is 2. The van der Waals surface area contributed by atoms with Crippen LogP contribution in [0.4, 0.5) is 10.8 Å². The van der Waals surface area contributed by atoms with E-state index in [0.717, 1.165) is 0 Å². The second-order valence-electron chi connectivity index (χ2n) is 6.75. The number of sulfonamides is 1. The molecule has 2 heterocycles. The average molecular weight is 505 g/mol. The number of hydrogen-bond acceptors (Lipinski definition) is 9. The zero-order valence-electron chi connectivity index (χ0n) is 17.5. The number of amides is 1. The van der Waals surface area contributed by atoms with Gasteiger partial charge in [-0.3, -0.25) is 14.4 Å². The fourth-order valence-electron chi connectivity index (χ4n) is 3.08. The number of benzene rings is 2. The Labute approximate surface area is 199 Å². The highest BCUT2D eigenvalue weighted by atomic mass is 32.2. The van der Waals surface area contributed by atoms with Crippen molar-refractivity contribution in [1.82, 2.24) is 10.2 Å². The number of nitrogens with one attached hydrogen (secondary N) is 1. The molecule has 1 aromatic heterocycles. The third-order valence-corrected chi connectivity index (χ3v) is 8.40. The van der Waals surface area contributed by atoms with E-state index >= 15 is 0 Å². The Morgan fingerprint density at radius 1 is 1.30 bits per heavy atom. The highest BCUT2D eigenvalue weighted by Crippen LogP contribution is 2.37. The van der Waals surface area contributed by atoms with Crippen molar-refractivity contribution < 1.29 is 22.7 Å². The Morgan fingerprint density at radius 3 is 2.79 bits per heavy atom. The van der Waals surface area contributed by atoms with Crippen molar-refractivity contribution in [1.29, 1.82) is 0 Å². The molecule has 33 heavy (non-hydrogen) atoms. The van der Waals surface area contributed by atoms with Crippen LogP contribution in [-0.2, 0) is 14.8 Å². The average Bonchev–Trinajstić information content (AvgIpc) is 3.29. The quantitative estimate of drug-likeness (QED) is 0.282. The minimum absolute atomic E-state index is 0.0761. The molecule has 0 bridgehead atoms. The second kappa shape index (κ2) is 9.81. The molecule has 0 aliphatic carbocycles. The Hall–Kier alpha value is -3.09. The molecule has 9 nitrogen and oxygen atoms in total. The molecule has 1 amide bonds. The Balaban J connectivity index is 1.59. The van der Waals surface area contributed by atoms with Crippen LogP contribution >= 0.6 is 23.1 Å². The van der Waals surface area contributed by atoms with Crippen LogP contribution in [0.15, 0.2) is 70.4 Å². The highest BCUT2D eigenvalue weighted by molar-refractivity contribution is 8.01. The summed E-state index contributed by atoms with van der Waals surface area (Å²) in [5, 5.41) is 10.9. The topological polar surface area (TPSA) is 111 Å². The molecule has 0 unspecified atom stereocenters. The SMILES string of the molecule is C=CCSc1nnc(NC(=O)[C@@H]2CN(S(=O)(=O)c3ccc(OC)cc3)c3ccccc3O2)s1. The van der Waals surface area contributed by atoms with Crippen molar-refractivity contribution in [2.75, 3.05) is 29.0 Å². The molecule has 1 aliphatic heterocycles. The molecule has 1 atom stereocenters. The summed E-state index contributed by atoms with van der Waals surface area (Å²) in [5.41, 5.74) is 0.358. The molecule has 2 aromatic carbocycles. The van der Waals surface area contributed by atoms with E-state index in [1.54, 1.807) is 42.5 Å². The van der Waals surface area contributed by atoms with Gasteiger partial charge in [0, 0.05) is 5.75 Å². The van der Waals surface area contributed by atoms with Gasteiger partial charge in [0.2, 0.25) is 5.13 Å². The van der Waals surface area contributed by atoms with Crippen LogP contribution in [0.3, 0.4) is 0 Å². The number of ether oxygens (including phenoxy) is 2. The van der Waals surface area contributed by atoms with Crippen LogP contribution < -0.4 is 19.1 Å². The smallest absolute Gasteiger partial charge is 0.269 e. The Bertz CT molecular complexity index is 1260. The molecule has 3 aromatic rings. The maximum absolute atomic E-state index is 13.4. The van der Waals surface area contributed by atoms with Gasteiger partial charge in [-0.1, -0.05) is 41.3 Å². The summed E-state index contributed by atoms with van der Waals surface area (Å²) in [5.74, 6) is 0.983. The zero-order chi connectivity index (χ0) is 23.4. The molecule has 4 rings (SSSR count). The van der Waals surface area contributed by atoms with Crippen LogP contribution in [0.1, 0.15) is 0 Å². The number of fused-ring (bicyclic) bond motifs is 1. The standard InChI is InChI=1S/C21H20N4O5S3/c1-3-12-31-21-24-23-20(32-21)22-19(26)18-13-25(16-6-4-5-7-17(16)30-18)33(27,28)15-10-8-14(29-2)9-11-15/h3-11,18H,1,12-13H2,2H3,(H,22,23,26)/t18-/m0/s1. The first kappa shape index (κ1) is 23.1. The molecular formula is C21H20N4O5S3. The molecule has 172 valence electrons. The van der Waals surface area contributed by atoms with Crippen LogP contribution in [0, 0.1) is 0 Å². The number of hydrogen-bond donors (Lipinski definition) is 1. The van der Waals surface area contributed by atoms with Crippen LogP contribution in [0.2, 0.25) is 0 Å². The van der Waals surface area contributed by atoms with Gasteiger partial charge in [0.05, 0.1) is 24.2 Å². The first-order valence-corrected chi connectivity index (χ1v) is 13.0. The largest absolute Gasteiger partial charge is 0.497 e. The van der Waals surface area contributed by atoms with E-state index < -0.39 is 22.0 Å². The van der Waals surface area contributed by atoms with E-state index in [1.807, 2.05) is 0 Å². The minimum Gasteiger partial charge on any atom is -0.497 e. The predicted molar refractivity (Wildman–Crippen MR) is 128 cm³/mol. The maximum atomic E-state index is 13.4. The molecular weight excluding hydrogens is 484 g/mol. The summed E-state index contributed by atoms with van der Waals surface area (Å²) in [6.07, 6.45) is 0.663. The van der Waals surface area contributed by atoms with Gasteiger partial charge in [-0.15, -0.1) is 16.8 Å². The van der Waals surface area contributed by atoms with Crippen LogP contribution in [0.25, 0.3) is 0 Å². The normalized spacial score (nSPS) is 15.3. The third kappa shape index (κ3) is 4.97. The van der Waals surface area contributed by atoms with E-state index in [4.69, 9.17) is 9.47 Å². The monoisotopic (exact) mass is 504 g/mol. The first-order chi connectivity index (χ1) is 15.9. The van der Waals surface area contributed by atoms with Crippen LogP contribution in [0.5, 0.6) is 11.5 Å². The lowest BCUT2D eigenvalue weighted by Crippen LogP contribution is -2.48. The summed E-state index contributed by atoms with van der Waals surface area (Å²) in [4.78, 5) is 13.0. The molecule has 1 N–H and O–H groups in total. The van der Waals surface area contributed by atoms with E-state index in [1.165, 1.54) is 46.6 Å². The fraction of sp³-hybridized carbons (Fsp3) is 0.190. The molecule has 1 aliphatic rings. The van der Waals surface area contributed by atoms with Gasteiger partial charge in [0.15, 0.2) is 10.4 Å². The van der Waals surface area contributed by atoms with Gasteiger partial charge in [-0.05, 0) is 36.4 Å². The van der Waals surface area contributed by atoms with E-state index in [9.17, 15) is 13.2 Å². The zero-order valence-corrected chi connectivity index (χ0v) is 20.0. The fourth-order valence-corrected chi connectivity index (χ4v) is 6.07. The van der Waals surface area contributed by atoms with Gasteiger partial charge in [0.25, 0.3) is 15.9 Å². The number of para-hydroxylation sites is 2. The minimum atomic E-state index is -3.97. The highest BCUT2D eigenvalue weighted by Gasteiger charge is 2.37.